The molecule has 1 atom stereocenters. The van der Waals surface area contributed by atoms with Gasteiger partial charge in [0.25, 0.3) is 0 Å². The number of fused-ring (bicyclic) bond motifs is 1. The van der Waals surface area contributed by atoms with Gasteiger partial charge in [-0.1, -0.05) is 17.7 Å². The fourth-order valence-corrected chi connectivity index (χ4v) is 3.09. The van der Waals surface area contributed by atoms with E-state index in [1.165, 1.54) is 5.56 Å². The lowest BCUT2D eigenvalue weighted by atomic mass is 10.1. The van der Waals surface area contributed by atoms with E-state index in [1.54, 1.807) is 0 Å². The topological polar surface area (TPSA) is 56.8 Å². The molecule has 0 saturated carbocycles. The summed E-state index contributed by atoms with van der Waals surface area (Å²) >= 11 is 0. The van der Waals surface area contributed by atoms with Crippen molar-refractivity contribution in [3.63, 3.8) is 0 Å². The minimum atomic E-state index is -0.0562. The van der Waals surface area contributed by atoms with Crippen LogP contribution in [0.3, 0.4) is 0 Å². The van der Waals surface area contributed by atoms with E-state index >= 15 is 0 Å². The summed E-state index contributed by atoms with van der Waals surface area (Å²) in [6.07, 6.45) is 1.37. The second-order valence-electron chi connectivity index (χ2n) is 6.82. The first kappa shape index (κ1) is 19.1. The van der Waals surface area contributed by atoms with E-state index < -0.39 is 0 Å². The van der Waals surface area contributed by atoms with Gasteiger partial charge in [0.2, 0.25) is 5.91 Å². The lowest BCUT2D eigenvalue weighted by Gasteiger charge is -2.13. The Morgan fingerprint density at radius 1 is 1.22 bits per heavy atom. The lowest BCUT2D eigenvalue weighted by Crippen LogP contribution is -2.24. The van der Waals surface area contributed by atoms with Crippen LogP contribution in [-0.2, 0) is 17.8 Å². The third-order valence-corrected chi connectivity index (χ3v) is 4.47. The van der Waals surface area contributed by atoms with Gasteiger partial charge in [0.05, 0.1) is 19.6 Å². The molecule has 0 unspecified atom stereocenters. The number of hydrogen-bond acceptors (Lipinski definition) is 4. The molecule has 5 heteroatoms. The molecule has 0 aliphatic carbocycles. The average Bonchev–Trinajstić information content (AvgIpc) is 3.00. The van der Waals surface area contributed by atoms with Crippen LogP contribution in [0.15, 0.2) is 36.4 Å². The van der Waals surface area contributed by atoms with E-state index in [9.17, 15) is 4.79 Å². The molecule has 0 bridgehead atoms. The van der Waals surface area contributed by atoms with E-state index in [2.05, 4.69) is 12.2 Å². The molecule has 1 aliphatic heterocycles. The van der Waals surface area contributed by atoms with Crippen LogP contribution in [-0.4, -0.2) is 25.2 Å². The minimum absolute atomic E-state index is 0.0562. The third kappa shape index (κ3) is 5.16. The highest BCUT2D eigenvalue weighted by atomic mass is 16.5. The summed E-state index contributed by atoms with van der Waals surface area (Å²) in [4.78, 5) is 12.2. The molecule has 0 saturated heterocycles. The molecule has 1 aliphatic rings. The molecular weight excluding hydrogens is 342 g/mol. The lowest BCUT2D eigenvalue weighted by molar-refractivity contribution is -0.121. The van der Waals surface area contributed by atoms with Gasteiger partial charge in [0.1, 0.15) is 23.4 Å². The molecule has 2 aromatic carbocycles. The molecule has 27 heavy (non-hydrogen) atoms. The molecule has 1 heterocycles. The third-order valence-electron chi connectivity index (χ3n) is 4.47. The van der Waals surface area contributed by atoms with Crippen LogP contribution in [0, 0.1) is 6.92 Å². The normalized spacial score (nSPS) is 15.0. The summed E-state index contributed by atoms with van der Waals surface area (Å²) in [6, 6.07) is 11.8. The van der Waals surface area contributed by atoms with Gasteiger partial charge in [0, 0.05) is 24.1 Å². The van der Waals surface area contributed by atoms with Gasteiger partial charge in [-0.05, 0) is 45.0 Å². The van der Waals surface area contributed by atoms with Crippen LogP contribution in [0.1, 0.15) is 37.0 Å². The van der Waals surface area contributed by atoms with E-state index in [-0.39, 0.29) is 12.0 Å². The molecule has 0 fully saturated rings. The molecule has 144 valence electrons. The first-order chi connectivity index (χ1) is 13.0. The fourth-order valence-electron chi connectivity index (χ4n) is 3.09. The van der Waals surface area contributed by atoms with E-state index in [1.807, 2.05) is 50.2 Å². The number of rotatable bonds is 8. The predicted molar refractivity (Wildman–Crippen MR) is 105 cm³/mol. The van der Waals surface area contributed by atoms with Gasteiger partial charge in [-0.15, -0.1) is 0 Å². The Hall–Kier alpha value is -2.69. The summed E-state index contributed by atoms with van der Waals surface area (Å²) in [5, 5.41) is 2.94. The highest BCUT2D eigenvalue weighted by Crippen LogP contribution is 2.35. The van der Waals surface area contributed by atoms with Crippen molar-refractivity contribution >= 4 is 5.91 Å². The van der Waals surface area contributed by atoms with Crippen molar-refractivity contribution < 1.29 is 19.0 Å². The molecule has 2 aromatic rings. The Morgan fingerprint density at radius 2 is 2.00 bits per heavy atom. The number of carbonyl (C=O) groups is 1. The Labute approximate surface area is 160 Å². The van der Waals surface area contributed by atoms with Crippen molar-refractivity contribution in [3.8, 4) is 17.2 Å². The molecular formula is C22H27NO4. The summed E-state index contributed by atoms with van der Waals surface area (Å²) in [6.45, 7) is 7.37. The standard InChI is InChI=1S/C22H27NO4/c1-4-25-20-12-17-11-16(3)27-21(17)13-18(20)14-23-22(24)9-10-26-19-7-5-15(2)6-8-19/h5-8,12-13,16H,4,9-11,14H2,1-3H3,(H,23,24)/t16-/m1/s1. The monoisotopic (exact) mass is 369 g/mol. The molecule has 3 rings (SSSR count). The first-order valence-corrected chi connectivity index (χ1v) is 9.46. The number of aryl methyl sites for hydroxylation is 1. The summed E-state index contributed by atoms with van der Waals surface area (Å²) in [5.41, 5.74) is 3.27. The number of amides is 1. The maximum Gasteiger partial charge on any atom is 0.223 e. The maximum absolute atomic E-state index is 12.2. The zero-order valence-corrected chi connectivity index (χ0v) is 16.2. The van der Waals surface area contributed by atoms with Crippen molar-refractivity contribution in [1.29, 1.82) is 0 Å². The van der Waals surface area contributed by atoms with Crippen molar-refractivity contribution in [3.05, 3.63) is 53.1 Å². The zero-order chi connectivity index (χ0) is 19.2. The van der Waals surface area contributed by atoms with Gasteiger partial charge >= 0.3 is 0 Å². The van der Waals surface area contributed by atoms with Crippen LogP contribution in [0.2, 0.25) is 0 Å². The second-order valence-corrected chi connectivity index (χ2v) is 6.82. The number of benzene rings is 2. The van der Waals surface area contributed by atoms with Crippen LogP contribution in [0.4, 0.5) is 0 Å². The van der Waals surface area contributed by atoms with Gasteiger partial charge in [-0.25, -0.2) is 0 Å². The van der Waals surface area contributed by atoms with Crippen LogP contribution in [0.25, 0.3) is 0 Å². The van der Waals surface area contributed by atoms with Crippen LogP contribution in [0.5, 0.6) is 17.2 Å². The SMILES string of the molecule is CCOc1cc2c(cc1CNC(=O)CCOc1ccc(C)cc1)O[C@H](C)C2. The number of hydrogen-bond donors (Lipinski definition) is 1. The Bertz CT molecular complexity index is 786. The van der Waals surface area contributed by atoms with Crippen LogP contribution >= 0.6 is 0 Å². The second kappa shape index (κ2) is 8.80. The fraction of sp³-hybridized carbons (Fsp3) is 0.409. The Balaban J connectivity index is 1.52. The predicted octanol–water partition coefficient (Wildman–Crippen LogP) is 3.80. The molecule has 5 nitrogen and oxygen atoms in total. The smallest absolute Gasteiger partial charge is 0.223 e. The molecule has 1 amide bonds. The maximum atomic E-state index is 12.2. The van der Waals surface area contributed by atoms with E-state index in [0.29, 0.717) is 26.2 Å². The molecule has 0 spiro atoms. The quantitative estimate of drug-likeness (QED) is 0.769. The molecule has 0 aromatic heterocycles. The van der Waals surface area contributed by atoms with Gasteiger partial charge in [-0.3, -0.25) is 4.79 Å². The first-order valence-electron chi connectivity index (χ1n) is 9.46. The van der Waals surface area contributed by atoms with E-state index in [0.717, 1.165) is 34.8 Å². The van der Waals surface area contributed by atoms with E-state index in [4.69, 9.17) is 14.2 Å². The van der Waals surface area contributed by atoms with Crippen molar-refractivity contribution in [2.75, 3.05) is 13.2 Å². The van der Waals surface area contributed by atoms with Gasteiger partial charge < -0.3 is 19.5 Å². The van der Waals surface area contributed by atoms with Gasteiger partial charge in [-0.2, -0.15) is 0 Å². The highest BCUT2D eigenvalue weighted by molar-refractivity contribution is 5.76. The number of nitrogens with one attached hydrogen (secondary N) is 1. The van der Waals surface area contributed by atoms with Crippen molar-refractivity contribution in [2.24, 2.45) is 0 Å². The number of carbonyl (C=O) groups excluding carboxylic acids is 1. The largest absolute Gasteiger partial charge is 0.494 e. The summed E-state index contributed by atoms with van der Waals surface area (Å²) < 4.78 is 17.2. The zero-order valence-electron chi connectivity index (χ0n) is 16.2. The molecule has 1 N–H and O–H groups in total. The summed E-state index contributed by atoms with van der Waals surface area (Å²) in [5.74, 6) is 2.42. The average molecular weight is 369 g/mol. The van der Waals surface area contributed by atoms with Crippen molar-refractivity contribution in [2.45, 2.75) is 46.3 Å². The molecule has 0 radical (unpaired) electrons. The summed E-state index contributed by atoms with van der Waals surface area (Å²) in [7, 11) is 0. The highest BCUT2D eigenvalue weighted by Gasteiger charge is 2.22. The Kier molecular flexibility index (Phi) is 6.22. The van der Waals surface area contributed by atoms with Crippen LogP contribution < -0.4 is 19.5 Å². The Morgan fingerprint density at radius 3 is 2.74 bits per heavy atom. The number of ether oxygens (including phenoxy) is 3. The van der Waals surface area contributed by atoms with Gasteiger partial charge in [0.15, 0.2) is 0 Å². The minimum Gasteiger partial charge on any atom is -0.494 e. The van der Waals surface area contributed by atoms with Crippen molar-refractivity contribution in [1.82, 2.24) is 5.32 Å².